The Labute approximate surface area is 167 Å². The largest absolute Gasteiger partial charge is 0.492 e. The molecular formula is C24H29NO3. The van der Waals surface area contributed by atoms with E-state index in [4.69, 9.17) is 9.84 Å². The second-order valence-electron chi connectivity index (χ2n) is 8.24. The van der Waals surface area contributed by atoms with Gasteiger partial charge in [0.1, 0.15) is 5.75 Å². The third-order valence-electron chi connectivity index (χ3n) is 5.32. The van der Waals surface area contributed by atoms with Crippen molar-refractivity contribution in [3.8, 4) is 5.75 Å². The smallest absolute Gasteiger partial charge is 0.335 e. The average Bonchev–Trinajstić information content (AvgIpc) is 2.63. The fourth-order valence-corrected chi connectivity index (χ4v) is 3.73. The van der Waals surface area contributed by atoms with Gasteiger partial charge in [0.05, 0.1) is 17.9 Å². The van der Waals surface area contributed by atoms with Gasteiger partial charge in [-0.15, -0.1) is 0 Å². The van der Waals surface area contributed by atoms with Crippen LogP contribution in [0.5, 0.6) is 5.75 Å². The number of anilines is 2. The van der Waals surface area contributed by atoms with Gasteiger partial charge in [0.15, 0.2) is 0 Å². The van der Waals surface area contributed by atoms with Crippen molar-refractivity contribution in [3.05, 3.63) is 59.2 Å². The van der Waals surface area contributed by atoms with Crippen LogP contribution in [-0.4, -0.2) is 17.7 Å². The average molecular weight is 380 g/mol. The summed E-state index contributed by atoms with van der Waals surface area (Å²) in [5, 5.41) is 12.5. The van der Waals surface area contributed by atoms with Crippen molar-refractivity contribution in [2.24, 2.45) is 5.92 Å². The Balaban J connectivity index is 2.06. The number of carboxylic acids is 1. The maximum atomic E-state index is 11.1. The van der Waals surface area contributed by atoms with Crippen molar-refractivity contribution in [1.29, 1.82) is 0 Å². The summed E-state index contributed by atoms with van der Waals surface area (Å²) < 4.78 is 5.95. The van der Waals surface area contributed by atoms with Crippen molar-refractivity contribution in [3.63, 3.8) is 0 Å². The number of hydrogen-bond acceptors (Lipinski definition) is 3. The highest BCUT2D eigenvalue weighted by atomic mass is 16.5. The minimum Gasteiger partial charge on any atom is -0.492 e. The number of aromatic carboxylic acids is 1. The van der Waals surface area contributed by atoms with Crippen LogP contribution in [0.1, 0.15) is 62.5 Å². The first-order chi connectivity index (χ1) is 13.2. The summed E-state index contributed by atoms with van der Waals surface area (Å²) in [6.07, 6.45) is 3.38. The molecule has 2 aromatic carbocycles. The molecule has 4 heteroatoms. The van der Waals surface area contributed by atoms with Gasteiger partial charge in [0.25, 0.3) is 0 Å². The van der Waals surface area contributed by atoms with Crippen LogP contribution in [0, 0.1) is 5.92 Å². The predicted octanol–water partition coefficient (Wildman–Crippen LogP) is 6.25. The summed E-state index contributed by atoms with van der Waals surface area (Å²) >= 11 is 0. The van der Waals surface area contributed by atoms with Gasteiger partial charge in [-0.3, -0.25) is 0 Å². The van der Waals surface area contributed by atoms with Gasteiger partial charge in [0.2, 0.25) is 0 Å². The van der Waals surface area contributed by atoms with Gasteiger partial charge >= 0.3 is 5.97 Å². The summed E-state index contributed by atoms with van der Waals surface area (Å²) in [5.74, 6) is 0.335. The standard InChI is InChI=1S/C24H29NO3/c1-6-28-22-14-20-19(18(15(2)3)11-12-24(20,4)5)13-21(22)25-17-9-7-16(8-10-17)23(26)27/h7-11,13-15,25H,6,12H2,1-5H3,(H,26,27). The molecule has 2 N–H and O–H groups in total. The minimum absolute atomic E-state index is 0.0568. The van der Waals surface area contributed by atoms with Crippen LogP contribution in [0.3, 0.4) is 0 Å². The summed E-state index contributed by atoms with van der Waals surface area (Å²) in [7, 11) is 0. The highest BCUT2D eigenvalue weighted by Gasteiger charge is 2.30. The van der Waals surface area contributed by atoms with Crippen LogP contribution >= 0.6 is 0 Å². The highest BCUT2D eigenvalue weighted by molar-refractivity contribution is 5.88. The predicted molar refractivity (Wildman–Crippen MR) is 115 cm³/mol. The first kappa shape index (κ1) is 20.0. The molecule has 148 valence electrons. The van der Waals surface area contributed by atoms with E-state index in [1.54, 1.807) is 24.3 Å². The lowest BCUT2D eigenvalue weighted by Crippen LogP contribution is -2.23. The third kappa shape index (κ3) is 3.91. The number of fused-ring (bicyclic) bond motifs is 1. The number of benzene rings is 2. The molecule has 0 spiro atoms. The lowest BCUT2D eigenvalue weighted by molar-refractivity contribution is 0.0697. The molecule has 1 aliphatic carbocycles. The quantitative estimate of drug-likeness (QED) is 0.623. The lowest BCUT2D eigenvalue weighted by Gasteiger charge is -2.34. The molecule has 0 saturated heterocycles. The Morgan fingerprint density at radius 3 is 2.46 bits per heavy atom. The number of nitrogens with one attached hydrogen (secondary N) is 1. The van der Waals surface area contributed by atoms with E-state index in [1.807, 2.05) is 6.92 Å². The molecule has 0 heterocycles. The van der Waals surface area contributed by atoms with Crippen LogP contribution < -0.4 is 10.1 Å². The number of carboxylic acid groups (broad SMARTS) is 1. The molecule has 0 unspecified atom stereocenters. The van der Waals surface area contributed by atoms with E-state index in [1.165, 1.54) is 16.7 Å². The van der Waals surface area contributed by atoms with Crippen LogP contribution in [0.2, 0.25) is 0 Å². The molecule has 0 bridgehead atoms. The van der Waals surface area contributed by atoms with Gasteiger partial charge in [-0.1, -0.05) is 33.8 Å². The van der Waals surface area contributed by atoms with Gasteiger partial charge in [-0.05, 0) is 77.8 Å². The Morgan fingerprint density at radius 1 is 1.21 bits per heavy atom. The lowest BCUT2D eigenvalue weighted by atomic mass is 9.71. The maximum absolute atomic E-state index is 11.1. The molecule has 0 aromatic heterocycles. The normalized spacial score (nSPS) is 15.0. The second kappa shape index (κ2) is 7.70. The van der Waals surface area contributed by atoms with E-state index < -0.39 is 5.97 Å². The molecule has 28 heavy (non-hydrogen) atoms. The van der Waals surface area contributed by atoms with Crippen molar-refractivity contribution in [1.82, 2.24) is 0 Å². The maximum Gasteiger partial charge on any atom is 0.335 e. The van der Waals surface area contributed by atoms with Gasteiger partial charge in [-0.2, -0.15) is 0 Å². The fourth-order valence-electron chi connectivity index (χ4n) is 3.73. The van der Waals surface area contributed by atoms with Gasteiger partial charge in [-0.25, -0.2) is 4.79 Å². The van der Waals surface area contributed by atoms with Crippen molar-refractivity contribution in [2.45, 2.75) is 46.5 Å². The first-order valence-corrected chi connectivity index (χ1v) is 9.85. The highest BCUT2D eigenvalue weighted by Crippen LogP contribution is 2.45. The van der Waals surface area contributed by atoms with E-state index in [9.17, 15) is 4.79 Å². The fraction of sp³-hybridized carbons (Fsp3) is 0.375. The molecule has 2 aromatic rings. The number of ether oxygens (including phenoxy) is 1. The van der Waals surface area contributed by atoms with E-state index in [2.05, 4.69) is 51.2 Å². The van der Waals surface area contributed by atoms with E-state index >= 15 is 0 Å². The zero-order chi connectivity index (χ0) is 20.5. The molecule has 0 saturated carbocycles. The Hall–Kier alpha value is -2.75. The zero-order valence-electron chi connectivity index (χ0n) is 17.3. The molecule has 4 nitrogen and oxygen atoms in total. The molecule has 0 atom stereocenters. The van der Waals surface area contributed by atoms with E-state index in [-0.39, 0.29) is 11.0 Å². The SMILES string of the molecule is CCOc1cc2c(cc1Nc1ccc(C(=O)O)cc1)C(C(C)C)=CCC2(C)C. The molecule has 3 rings (SSSR count). The number of allylic oxidation sites excluding steroid dienone is 2. The molecule has 1 aliphatic rings. The minimum atomic E-state index is -0.927. The van der Waals surface area contributed by atoms with Crippen LogP contribution in [0.25, 0.3) is 5.57 Å². The van der Waals surface area contributed by atoms with Crippen LogP contribution in [0.15, 0.2) is 42.5 Å². The third-order valence-corrected chi connectivity index (χ3v) is 5.32. The number of rotatable bonds is 6. The summed E-state index contributed by atoms with van der Waals surface area (Å²) in [6, 6.07) is 11.1. The number of carbonyl (C=O) groups is 1. The van der Waals surface area contributed by atoms with Crippen molar-refractivity contribution in [2.75, 3.05) is 11.9 Å². The number of hydrogen-bond donors (Lipinski definition) is 2. The van der Waals surface area contributed by atoms with E-state index in [0.29, 0.717) is 12.5 Å². The summed E-state index contributed by atoms with van der Waals surface area (Å²) in [5.41, 5.74) is 5.99. The Morgan fingerprint density at radius 2 is 1.89 bits per heavy atom. The molecule has 0 fully saturated rings. The monoisotopic (exact) mass is 379 g/mol. The van der Waals surface area contributed by atoms with Gasteiger partial charge in [0, 0.05) is 5.69 Å². The molecule has 0 radical (unpaired) electrons. The van der Waals surface area contributed by atoms with Crippen LogP contribution in [-0.2, 0) is 5.41 Å². The van der Waals surface area contributed by atoms with Crippen LogP contribution in [0.4, 0.5) is 11.4 Å². The second-order valence-corrected chi connectivity index (χ2v) is 8.24. The Kier molecular flexibility index (Phi) is 5.50. The topological polar surface area (TPSA) is 58.6 Å². The molecule has 0 amide bonds. The zero-order valence-corrected chi connectivity index (χ0v) is 17.3. The molecular weight excluding hydrogens is 350 g/mol. The summed E-state index contributed by atoms with van der Waals surface area (Å²) in [6.45, 7) is 11.6. The Bertz CT molecular complexity index is 908. The first-order valence-electron chi connectivity index (χ1n) is 9.85. The molecule has 0 aliphatic heterocycles. The van der Waals surface area contributed by atoms with Crippen molar-refractivity contribution < 1.29 is 14.6 Å². The van der Waals surface area contributed by atoms with Gasteiger partial charge < -0.3 is 15.2 Å². The summed E-state index contributed by atoms with van der Waals surface area (Å²) in [4.78, 5) is 11.1. The van der Waals surface area contributed by atoms with E-state index in [0.717, 1.165) is 23.5 Å². The van der Waals surface area contributed by atoms with Crippen molar-refractivity contribution >= 4 is 22.9 Å².